The second kappa shape index (κ2) is 11.6. The molecule has 1 saturated carbocycles. The second-order valence-electron chi connectivity index (χ2n) is 10.7. The van der Waals surface area contributed by atoms with Gasteiger partial charge < -0.3 is 10.0 Å². The number of carbonyl (C=O) groups excluding carboxylic acids is 1. The van der Waals surface area contributed by atoms with Crippen molar-refractivity contribution in [1.82, 2.24) is 4.90 Å². The highest BCUT2D eigenvalue weighted by Crippen LogP contribution is 2.53. The van der Waals surface area contributed by atoms with Crippen molar-refractivity contribution in [3.63, 3.8) is 0 Å². The first-order chi connectivity index (χ1) is 18.0. The number of sulfone groups is 1. The molecule has 1 amide bonds. The Morgan fingerprint density at radius 2 is 1.76 bits per heavy atom. The fourth-order valence-electron chi connectivity index (χ4n) is 6.08. The average molecular weight is 581 g/mol. The van der Waals surface area contributed by atoms with Gasteiger partial charge in [-0.05, 0) is 67.5 Å². The molecule has 1 aliphatic carbocycles. The van der Waals surface area contributed by atoms with Crippen LogP contribution in [0.5, 0.6) is 0 Å². The van der Waals surface area contributed by atoms with E-state index < -0.39 is 33.3 Å². The number of halogens is 2. The number of aliphatic carboxylic acids is 1. The van der Waals surface area contributed by atoms with Gasteiger partial charge in [-0.15, -0.1) is 0 Å². The predicted octanol–water partition coefficient (Wildman–Crippen LogP) is 6.67. The second-order valence-corrected chi connectivity index (χ2v) is 13.9. The number of carboxylic acids is 1. The lowest BCUT2D eigenvalue weighted by molar-refractivity contribution is -0.161. The average Bonchev–Trinajstić information content (AvgIpc) is 2.82. The number of carbonyl (C=O) groups is 2. The van der Waals surface area contributed by atoms with Gasteiger partial charge in [0.1, 0.15) is 0 Å². The molecule has 9 heteroatoms. The van der Waals surface area contributed by atoms with Crippen LogP contribution in [0.4, 0.5) is 0 Å². The van der Waals surface area contributed by atoms with E-state index in [1.165, 1.54) is 0 Å². The van der Waals surface area contributed by atoms with Crippen LogP contribution in [0.3, 0.4) is 0 Å². The highest BCUT2D eigenvalue weighted by atomic mass is 35.5. The molecule has 2 aromatic carbocycles. The third-order valence-corrected chi connectivity index (χ3v) is 11.3. The molecular formula is C29H35Cl2NO5S. The van der Waals surface area contributed by atoms with Crippen LogP contribution >= 0.6 is 23.2 Å². The summed E-state index contributed by atoms with van der Waals surface area (Å²) in [7, 11) is -3.43. The van der Waals surface area contributed by atoms with Crippen molar-refractivity contribution in [1.29, 1.82) is 0 Å². The molecule has 206 valence electrons. The van der Waals surface area contributed by atoms with Gasteiger partial charge in [0, 0.05) is 22.0 Å². The maximum atomic E-state index is 14.5. The number of amides is 1. The quantitative estimate of drug-likeness (QED) is 0.339. The van der Waals surface area contributed by atoms with Gasteiger partial charge in [0.05, 0.1) is 28.9 Å². The molecule has 0 bridgehead atoms. The van der Waals surface area contributed by atoms with E-state index in [1.54, 1.807) is 23.1 Å². The molecule has 2 unspecified atom stereocenters. The third-order valence-electron chi connectivity index (χ3n) is 8.48. The summed E-state index contributed by atoms with van der Waals surface area (Å²) in [6, 6.07) is 13.6. The zero-order chi connectivity index (χ0) is 27.7. The monoisotopic (exact) mass is 579 g/mol. The number of hydrogen-bond donors (Lipinski definition) is 1. The predicted molar refractivity (Wildman–Crippen MR) is 150 cm³/mol. The lowest BCUT2D eigenvalue weighted by atomic mass is 9.65. The summed E-state index contributed by atoms with van der Waals surface area (Å²) in [5.74, 6) is -1.78. The van der Waals surface area contributed by atoms with Crippen molar-refractivity contribution < 1.29 is 23.1 Å². The number of carboxylic acid groups (broad SMARTS) is 1. The van der Waals surface area contributed by atoms with E-state index in [0.29, 0.717) is 42.1 Å². The smallest absolute Gasteiger partial charge is 0.304 e. The summed E-state index contributed by atoms with van der Waals surface area (Å²) < 4.78 is 26.7. The van der Waals surface area contributed by atoms with Gasteiger partial charge in [0.15, 0.2) is 9.84 Å². The van der Waals surface area contributed by atoms with Crippen LogP contribution in [-0.2, 0) is 19.4 Å². The van der Waals surface area contributed by atoms with E-state index in [2.05, 4.69) is 0 Å². The lowest BCUT2D eigenvalue weighted by Crippen LogP contribution is -2.58. The van der Waals surface area contributed by atoms with Gasteiger partial charge in [-0.3, -0.25) is 9.59 Å². The number of hydrogen-bond acceptors (Lipinski definition) is 4. The van der Waals surface area contributed by atoms with Crippen molar-refractivity contribution in [2.75, 3.05) is 5.75 Å². The zero-order valence-electron chi connectivity index (χ0n) is 21.8. The van der Waals surface area contributed by atoms with Crippen LogP contribution < -0.4 is 0 Å². The van der Waals surface area contributed by atoms with Crippen molar-refractivity contribution in [2.45, 2.75) is 82.0 Å². The van der Waals surface area contributed by atoms with Gasteiger partial charge in [-0.25, -0.2) is 8.42 Å². The Bertz CT molecular complexity index is 1280. The molecular weight excluding hydrogens is 545 g/mol. The van der Waals surface area contributed by atoms with Gasteiger partial charge >= 0.3 is 5.97 Å². The summed E-state index contributed by atoms with van der Waals surface area (Å²) in [6.07, 6.45) is 2.93. The number of rotatable bonds is 10. The molecule has 2 fully saturated rings. The highest BCUT2D eigenvalue weighted by molar-refractivity contribution is 7.92. The highest BCUT2D eigenvalue weighted by Gasteiger charge is 2.54. The van der Waals surface area contributed by atoms with Crippen LogP contribution in [0.1, 0.15) is 81.9 Å². The minimum Gasteiger partial charge on any atom is -0.481 e. The van der Waals surface area contributed by atoms with Gasteiger partial charge in [0.2, 0.25) is 5.91 Å². The molecule has 2 aromatic rings. The molecule has 38 heavy (non-hydrogen) atoms. The van der Waals surface area contributed by atoms with Gasteiger partial charge in [0.25, 0.3) is 0 Å². The maximum absolute atomic E-state index is 14.5. The fourth-order valence-corrected chi connectivity index (χ4v) is 8.67. The minimum absolute atomic E-state index is 0.140. The Balaban J connectivity index is 1.91. The summed E-state index contributed by atoms with van der Waals surface area (Å²) >= 11 is 12.6. The molecule has 0 radical (unpaired) electrons. The van der Waals surface area contributed by atoms with E-state index >= 15 is 0 Å². The lowest BCUT2D eigenvalue weighted by Gasteiger charge is -2.53. The molecule has 1 saturated heterocycles. The molecule has 1 heterocycles. The largest absolute Gasteiger partial charge is 0.481 e. The first kappa shape index (κ1) is 28.9. The molecule has 1 aliphatic heterocycles. The van der Waals surface area contributed by atoms with Crippen LogP contribution in [0.25, 0.3) is 0 Å². The fraction of sp³-hybridized carbons (Fsp3) is 0.517. The normalized spacial score (nSPS) is 25.2. The molecule has 4 atom stereocenters. The molecule has 2 aliphatic rings. The van der Waals surface area contributed by atoms with Gasteiger partial charge in [-0.2, -0.15) is 0 Å². The first-order valence-electron chi connectivity index (χ1n) is 13.3. The van der Waals surface area contributed by atoms with Crippen molar-refractivity contribution in [3.8, 4) is 0 Å². The number of likely N-dealkylation sites (tertiary alicyclic amines) is 1. The van der Waals surface area contributed by atoms with E-state index in [4.69, 9.17) is 23.2 Å². The topological polar surface area (TPSA) is 91.8 Å². The van der Waals surface area contributed by atoms with Crippen LogP contribution in [0.15, 0.2) is 48.5 Å². The van der Waals surface area contributed by atoms with Crippen molar-refractivity contribution >= 4 is 44.9 Å². The zero-order valence-corrected chi connectivity index (χ0v) is 24.1. The summed E-state index contributed by atoms with van der Waals surface area (Å²) in [5.41, 5.74) is 0.539. The SMILES string of the molecule is CCC(CS(=O)(=O)C1CCC1)N1C(=O)[C@@](CC)(CC(=O)O)CC(c2cccc(Cl)c2)[C@H]1c1ccc(Cl)cc1. The molecule has 0 aromatic heterocycles. The summed E-state index contributed by atoms with van der Waals surface area (Å²) in [5, 5.41) is 10.6. The maximum Gasteiger partial charge on any atom is 0.304 e. The molecule has 4 rings (SSSR count). The Labute approximate surface area is 235 Å². The molecule has 6 nitrogen and oxygen atoms in total. The third kappa shape index (κ3) is 5.75. The van der Waals surface area contributed by atoms with Crippen molar-refractivity contribution in [3.05, 3.63) is 69.7 Å². The molecule has 1 N–H and O–H groups in total. The first-order valence-corrected chi connectivity index (χ1v) is 15.8. The standard InChI is InChI=1S/C29H35Cl2NO5S/c1-3-23(18-38(36,37)24-9-6-10-24)32-27(19-11-13-21(30)14-12-19)25(20-7-5-8-22(31)15-20)16-29(4-2,28(32)35)17-26(33)34/h5,7-8,11-15,23-25,27H,3-4,6,9-10,16-18H2,1-2H3,(H,33,34)/t23?,25?,27-,29-/m1/s1. The van der Waals surface area contributed by atoms with Crippen LogP contribution in [-0.4, -0.2) is 47.3 Å². The van der Waals surface area contributed by atoms with E-state index in [-0.39, 0.29) is 29.2 Å². The Morgan fingerprint density at radius 3 is 2.29 bits per heavy atom. The minimum atomic E-state index is -3.43. The van der Waals surface area contributed by atoms with Crippen molar-refractivity contribution in [2.24, 2.45) is 5.41 Å². The van der Waals surface area contributed by atoms with E-state index in [9.17, 15) is 23.1 Å². The summed E-state index contributed by atoms with van der Waals surface area (Å²) in [6.45, 7) is 3.73. The van der Waals surface area contributed by atoms with E-state index in [1.807, 2.05) is 44.2 Å². The summed E-state index contributed by atoms with van der Waals surface area (Å²) in [4.78, 5) is 28.2. The molecule has 0 spiro atoms. The Morgan fingerprint density at radius 1 is 1.08 bits per heavy atom. The Hall–Kier alpha value is -2.09. The van der Waals surface area contributed by atoms with E-state index in [0.717, 1.165) is 17.5 Å². The van der Waals surface area contributed by atoms with Crippen LogP contribution in [0, 0.1) is 5.41 Å². The number of nitrogens with zero attached hydrogens (tertiary/aromatic N) is 1. The van der Waals surface area contributed by atoms with Crippen LogP contribution in [0.2, 0.25) is 10.0 Å². The van der Waals surface area contributed by atoms with Gasteiger partial charge in [-0.1, -0.05) is 67.7 Å². The number of benzene rings is 2. The number of piperidine rings is 1. The Kier molecular flexibility index (Phi) is 8.80.